The molecule has 0 atom stereocenters. The zero-order valence-electron chi connectivity index (χ0n) is 12.6. The number of hydrogen-bond donors (Lipinski definition) is 3. The summed E-state index contributed by atoms with van der Waals surface area (Å²) in [6, 6.07) is 0.334. The van der Waals surface area contributed by atoms with Crippen LogP contribution in [0.3, 0.4) is 0 Å². The number of anilines is 2. The summed E-state index contributed by atoms with van der Waals surface area (Å²) in [6.07, 6.45) is 8.60. The summed E-state index contributed by atoms with van der Waals surface area (Å²) in [7, 11) is 0. The second-order valence-electron chi connectivity index (χ2n) is 6.74. The first-order valence-corrected chi connectivity index (χ1v) is 8.65. The van der Waals surface area contributed by atoms with Gasteiger partial charge in [0, 0.05) is 12.6 Å². The minimum atomic E-state index is -0.0833. The van der Waals surface area contributed by atoms with Gasteiger partial charge in [-0.15, -0.1) is 0 Å². The van der Waals surface area contributed by atoms with E-state index in [2.05, 4.69) is 21.9 Å². The fraction of sp³-hybridized carbons (Fsp3) is 0.733. The van der Waals surface area contributed by atoms with Crippen LogP contribution in [-0.4, -0.2) is 22.9 Å². The Kier molecular flexibility index (Phi) is 4.06. The van der Waals surface area contributed by atoms with Crippen molar-refractivity contribution >= 4 is 28.3 Å². The van der Waals surface area contributed by atoms with Gasteiger partial charge in [0.25, 0.3) is 5.91 Å². The van der Waals surface area contributed by atoms with E-state index in [1.54, 1.807) is 0 Å². The highest BCUT2D eigenvalue weighted by Crippen LogP contribution is 2.37. The second-order valence-corrected chi connectivity index (χ2v) is 7.52. The Bertz CT molecular complexity index is 518. The standard InChI is InChI=1S/C15H24N4OS/c1-15(7-3-2-4-8-15)9-17-14-11(12(16)19-21-14)13(20)18-10-5-6-10/h10,17H,2-9H2,1H3,(H2,16,19)(H,18,20). The van der Waals surface area contributed by atoms with Crippen LogP contribution in [0.2, 0.25) is 0 Å². The molecule has 2 fully saturated rings. The first-order valence-electron chi connectivity index (χ1n) is 7.87. The van der Waals surface area contributed by atoms with Crippen LogP contribution < -0.4 is 16.4 Å². The van der Waals surface area contributed by atoms with Crippen molar-refractivity contribution in [2.24, 2.45) is 5.41 Å². The Labute approximate surface area is 129 Å². The fourth-order valence-electron chi connectivity index (χ4n) is 3.00. The van der Waals surface area contributed by atoms with Gasteiger partial charge in [0.05, 0.1) is 0 Å². The monoisotopic (exact) mass is 308 g/mol. The highest BCUT2D eigenvalue weighted by atomic mass is 32.1. The summed E-state index contributed by atoms with van der Waals surface area (Å²) in [5.41, 5.74) is 6.73. The van der Waals surface area contributed by atoms with Gasteiger partial charge in [0.1, 0.15) is 10.6 Å². The van der Waals surface area contributed by atoms with Gasteiger partial charge in [-0.1, -0.05) is 26.2 Å². The van der Waals surface area contributed by atoms with Crippen LogP contribution in [0.25, 0.3) is 0 Å². The fourth-order valence-corrected chi connectivity index (χ4v) is 3.71. The average Bonchev–Trinajstić information content (AvgIpc) is 3.18. The molecule has 2 aliphatic carbocycles. The van der Waals surface area contributed by atoms with Crippen LogP contribution in [-0.2, 0) is 0 Å². The van der Waals surface area contributed by atoms with E-state index in [0.29, 0.717) is 22.8 Å². The van der Waals surface area contributed by atoms with Crippen LogP contribution in [0.5, 0.6) is 0 Å². The van der Waals surface area contributed by atoms with Gasteiger partial charge in [-0.3, -0.25) is 4.79 Å². The van der Waals surface area contributed by atoms with Crippen molar-refractivity contribution in [3.8, 4) is 0 Å². The molecule has 5 nitrogen and oxygen atoms in total. The lowest BCUT2D eigenvalue weighted by atomic mass is 9.76. The topological polar surface area (TPSA) is 80.0 Å². The molecule has 4 N–H and O–H groups in total. The number of nitrogens with two attached hydrogens (primary N) is 1. The first-order chi connectivity index (χ1) is 10.1. The summed E-state index contributed by atoms with van der Waals surface area (Å²) >= 11 is 1.29. The zero-order chi connectivity index (χ0) is 14.9. The number of rotatable bonds is 5. The van der Waals surface area contributed by atoms with Crippen molar-refractivity contribution < 1.29 is 4.79 Å². The molecule has 6 heteroatoms. The van der Waals surface area contributed by atoms with Crippen molar-refractivity contribution in [1.82, 2.24) is 9.69 Å². The summed E-state index contributed by atoms with van der Waals surface area (Å²) in [5, 5.41) is 7.24. The van der Waals surface area contributed by atoms with Crippen LogP contribution in [0.1, 0.15) is 62.2 Å². The Morgan fingerprint density at radius 3 is 2.76 bits per heavy atom. The number of carbonyl (C=O) groups excluding carboxylic acids is 1. The summed E-state index contributed by atoms with van der Waals surface area (Å²) in [5.74, 6) is 0.259. The van der Waals surface area contributed by atoms with Gasteiger partial charge < -0.3 is 16.4 Å². The van der Waals surface area contributed by atoms with Crippen LogP contribution in [0.4, 0.5) is 10.8 Å². The lowest BCUT2D eigenvalue weighted by Crippen LogP contribution is -2.30. The lowest BCUT2D eigenvalue weighted by molar-refractivity contribution is 0.0953. The van der Waals surface area contributed by atoms with E-state index in [0.717, 1.165) is 24.4 Å². The molecule has 0 saturated heterocycles. The molecule has 0 radical (unpaired) electrons. The molecule has 0 aromatic carbocycles. The molecular weight excluding hydrogens is 284 g/mol. The highest BCUT2D eigenvalue weighted by Gasteiger charge is 2.30. The van der Waals surface area contributed by atoms with Gasteiger partial charge in [0.2, 0.25) is 0 Å². The lowest BCUT2D eigenvalue weighted by Gasteiger charge is -2.33. The molecule has 3 rings (SSSR count). The zero-order valence-corrected chi connectivity index (χ0v) is 13.4. The predicted molar refractivity (Wildman–Crippen MR) is 86.7 cm³/mol. The first kappa shape index (κ1) is 14.6. The van der Waals surface area contributed by atoms with E-state index in [9.17, 15) is 4.79 Å². The molecule has 0 bridgehead atoms. The SMILES string of the molecule is CC1(CNc2snc(N)c2C(=O)NC2CC2)CCCCC1. The van der Waals surface area contributed by atoms with Crippen LogP contribution >= 0.6 is 11.5 Å². The predicted octanol–water partition coefficient (Wildman–Crippen LogP) is 3.00. The molecule has 0 spiro atoms. The van der Waals surface area contributed by atoms with E-state index in [1.165, 1.54) is 43.6 Å². The molecule has 1 aromatic heterocycles. The van der Waals surface area contributed by atoms with E-state index < -0.39 is 0 Å². The van der Waals surface area contributed by atoms with Gasteiger partial charge >= 0.3 is 0 Å². The third-order valence-corrected chi connectivity index (χ3v) is 5.41. The Morgan fingerprint density at radius 2 is 2.10 bits per heavy atom. The smallest absolute Gasteiger partial charge is 0.258 e. The highest BCUT2D eigenvalue weighted by molar-refractivity contribution is 7.11. The quantitative estimate of drug-likeness (QED) is 0.781. The largest absolute Gasteiger partial charge is 0.382 e. The third-order valence-electron chi connectivity index (χ3n) is 4.59. The maximum absolute atomic E-state index is 12.3. The van der Waals surface area contributed by atoms with Crippen molar-refractivity contribution in [2.45, 2.75) is 57.9 Å². The third kappa shape index (κ3) is 3.48. The minimum absolute atomic E-state index is 0.0833. The van der Waals surface area contributed by atoms with Gasteiger partial charge in [-0.2, -0.15) is 4.37 Å². The molecule has 21 heavy (non-hydrogen) atoms. The minimum Gasteiger partial charge on any atom is -0.382 e. The van der Waals surface area contributed by atoms with E-state index in [4.69, 9.17) is 5.73 Å². The maximum atomic E-state index is 12.3. The van der Waals surface area contributed by atoms with Crippen LogP contribution in [0.15, 0.2) is 0 Å². The number of carbonyl (C=O) groups is 1. The molecule has 116 valence electrons. The van der Waals surface area contributed by atoms with Crippen LogP contribution in [0, 0.1) is 5.41 Å². The molecule has 1 amide bonds. The number of aromatic nitrogens is 1. The molecule has 2 aliphatic rings. The number of nitrogen functional groups attached to an aromatic ring is 1. The van der Waals surface area contributed by atoms with Crippen molar-refractivity contribution in [3.63, 3.8) is 0 Å². The van der Waals surface area contributed by atoms with Gasteiger partial charge in [-0.05, 0) is 42.6 Å². The average molecular weight is 308 g/mol. The van der Waals surface area contributed by atoms with Crippen molar-refractivity contribution in [3.05, 3.63) is 5.56 Å². The molecule has 2 saturated carbocycles. The Hall–Kier alpha value is -1.30. The Morgan fingerprint density at radius 1 is 1.38 bits per heavy atom. The second kappa shape index (κ2) is 5.83. The maximum Gasteiger partial charge on any atom is 0.258 e. The molecule has 1 aromatic rings. The van der Waals surface area contributed by atoms with E-state index >= 15 is 0 Å². The molecular formula is C15H24N4OS. The molecule has 0 unspecified atom stereocenters. The molecule has 1 heterocycles. The normalized spacial score (nSPS) is 21.0. The van der Waals surface area contributed by atoms with Gasteiger partial charge in [-0.25, -0.2) is 0 Å². The number of nitrogens with one attached hydrogen (secondary N) is 2. The summed E-state index contributed by atoms with van der Waals surface area (Å²) in [6.45, 7) is 3.21. The number of amides is 1. The summed E-state index contributed by atoms with van der Waals surface area (Å²) in [4.78, 5) is 12.3. The van der Waals surface area contributed by atoms with E-state index in [-0.39, 0.29) is 5.91 Å². The van der Waals surface area contributed by atoms with E-state index in [1.807, 2.05) is 0 Å². The Balaban J connectivity index is 1.66. The van der Waals surface area contributed by atoms with Gasteiger partial charge in [0.15, 0.2) is 5.82 Å². The van der Waals surface area contributed by atoms with Crippen molar-refractivity contribution in [1.29, 1.82) is 0 Å². The summed E-state index contributed by atoms with van der Waals surface area (Å²) < 4.78 is 4.15. The number of hydrogen-bond acceptors (Lipinski definition) is 5. The number of nitrogens with zero attached hydrogens (tertiary/aromatic N) is 1. The van der Waals surface area contributed by atoms with Crippen molar-refractivity contribution in [2.75, 3.05) is 17.6 Å². The molecule has 0 aliphatic heterocycles.